The Labute approximate surface area is 173 Å². The number of ether oxygens (including phenoxy) is 1. The number of benzene rings is 1. The zero-order chi connectivity index (χ0) is 19.3. The maximum atomic E-state index is 5.28. The van der Waals surface area contributed by atoms with E-state index in [2.05, 4.69) is 44.5 Å². The van der Waals surface area contributed by atoms with Crippen LogP contribution in [0.2, 0.25) is 0 Å². The van der Waals surface area contributed by atoms with E-state index in [-0.39, 0.29) is 5.41 Å². The van der Waals surface area contributed by atoms with Crippen molar-refractivity contribution in [3.63, 3.8) is 0 Å². The van der Waals surface area contributed by atoms with Gasteiger partial charge >= 0.3 is 5.82 Å². The number of methoxy groups -OCH3 is 1. The van der Waals surface area contributed by atoms with Crippen LogP contribution >= 0.6 is 15.9 Å². The number of nitrogens with zero attached hydrogens (tertiary/aromatic N) is 4. The highest BCUT2D eigenvalue weighted by atomic mass is 79.9. The van der Waals surface area contributed by atoms with Crippen molar-refractivity contribution in [3.8, 4) is 5.75 Å². The first-order valence-electron chi connectivity index (χ1n) is 9.89. The monoisotopic (exact) mass is 439 g/mol. The molecule has 0 bridgehead atoms. The predicted octanol–water partition coefficient (Wildman–Crippen LogP) is 4.80. The molecule has 1 saturated carbocycles. The van der Waals surface area contributed by atoms with E-state index in [1.165, 1.54) is 48.9 Å². The third kappa shape index (κ3) is 2.69. The van der Waals surface area contributed by atoms with E-state index in [0.717, 1.165) is 28.1 Å². The average molecular weight is 440 g/mol. The minimum atomic E-state index is 0.260. The molecule has 6 heteroatoms. The maximum absolute atomic E-state index is 5.28. The van der Waals surface area contributed by atoms with Crippen molar-refractivity contribution in [2.75, 3.05) is 7.11 Å². The molecule has 1 aromatic carbocycles. The summed E-state index contributed by atoms with van der Waals surface area (Å²) in [6, 6.07) is 8.17. The molecule has 2 aliphatic rings. The molecule has 28 heavy (non-hydrogen) atoms. The summed E-state index contributed by atoms with van der Waals surface area (Å²) >= 11 is 3.64. The Morgan fingerprint density at radius 2 is 1.96 bits per heavy atom. The largest absolute Gasteiger partial charge is 0.497 e. The van der Waals surface area contributed by atoms with Crippen molar-refractivity contribution < 1.29 is 9.31 Å². The highest BCUT2D eigenvalue weighted by Gasteiger charge is 2.46. The van der Waals surface area contributed by atoms with Gasteiger partial charge in [0.1, 0.15) is 16.8 Å². The third-order valence-electron chi connectivity index (χ3n) is 6.42. The summed E-state index contributed by atoms with van der Waals surface area (Å²) in [6.45, 7) is 5.10. The molecule has 0 N–H and O–H groups in total. The van der Waals surface area contributed by atoms with Crippen LogP contribution in [0.3, 0.4) is 0 Å². The topological polar surface area (TPSA) is 42.4 Å². The molecule has 5 rings (SSSR count). The summed E-state index contributed by atoms with van der Waals surface area (Å²) in [7, 11) is 1.69. The van der Waals surface area contributed by atoms with Crippen LogP contribution in [0.5, 0.6) is 5.75 Å². The summed E-state index contributed by atoms with van der Waals surface area (Å²) in [5.41, 5.74) is 4.96. The number of hydrogen-bond donors (Lipinski definition) is 0. The van der Waals surface area contributed by atoms with E-state index in [4.69, 9.17) is 9.72 Å². The van der Waals surface area contributed by atoms with Crippen molar-refractivity contribution in [3.05, 3.63) is 51.8 Å². The number of rotatable bonds is 4. The van der Waals surface area contributed by atoms with E-state index in [1.807, 2.05) is 22.8 Å². The van der Waals surface area contributed by atoms with Crippen molar-refractivity contribution in [1.82, 2.24) is 14.6 Å². The Hall–Kier alpha value is -2.21. The van der Waals surface area contributed by atoms with Crippen LogP contribution < -0.4 is 4.74 Å². The van der Waals surface area contributed by atoms with Crippen LogP contribution in [0, 0.1) is 0 Å². The SMILES string of the molecule is C=[N+](Cc1ccc(OC)cc1)c1c2c(nc3c(Br)cnn13)C1(CCCC1)CC2. The number of hydrogen-bond acceptors (Lipinski definition) is 3. The molecule has 0 saturated heterocycles. The maximum Gasteiger partial charge on any atom is 0.313 e. The molecule has 0 aliphatic heterocycles. The van der Waals surface area contributed by atoms with Gasteiger partial charge in [-0.3, -0.25) is 0 Å². The third-order valence-corrected chi connectivity index (χ3v) is 6.98. The van der Waals surface area contributed by atoms with E-state index >= 15 is 0 Å². The van der Waals surface area contributed by atoms with Crippen molar-refractivity contribution in [2.24, 2.45) is 0 Å². The molecule has 2 aromatic heterocycles. The predicted molar refractivity (Wildman–Crippen MR) is 113 cm³/mol. The molecule has 1 fully saturated rings. The zero-order valence-corrected chi connectivity index (χ0v) is 17.7. The molecular weight excluding hydrogens is 416 g/mol. The Balaban J connectivity index is 1.61. The molecule has 0 radical (unpaired) electrons. The first-order chi connectivity index (χ1) is 13.6. The minimum Gasteiger partial charge on any atom is -0.497 e. The fraction of sp³-hybridized carbons (Fsp3) is 0.409. The van der Waals surface area contributed by atoms with Crippen molar-refractivity contribution in [2.45, 2.75) is 50.5 Å². The second kappa shape index (κ2) is 6.69. The van der Waals surface area contributed by atoms with Crippen LogP contribution in [0.25, 0.3) is 5.65 Å². The Morgan fingerprint density at radius 1 is 1.21 bits per heavy atom. The lowest BCUT2D eigenvalue weighted by molar-refractivity contribution is -0.454. The van der Waals surface area contributed by atoms with Gasteiger partial charge in [0.25, 0.3) is 5.65 Å². The lowest BCUT2D eigenvalue weighted by Gasteiger charge is -2.22. The lowest BCUT2D eigenvalue weighted by atomic mass is 9.83. The summed E-state index contributed by atoms with van der Waals surface area (Å²) in [5, 5.41) is 4.61. The van der Waals surface area contributed by atoms with Crippen LogP contribution in [0.4, 0.5) is 5.82 Å². The Morgan fingerprint density at radius 3 is 2.68 bits per heavy atom. The highest BCUT2D eigenvalue weighted by molar-refractivity contribution is 9.10. The fourth-order valence-electron chi connectivity index (χ4n) is 5.03. The summed E-state index contributed by atoms with van der Waals surface area (Å²) in [5.74, 6) is 1.94. The first kappa shape index (κ1) is 17.9. The molecule has 5 nitrogen and oxygen atoms in total. The molecule has 0 atom stereocenters. The summed E-state index contributed by atoms with van der Waals surface area (Å²) < 4.78 is 10.2. The summed E-state index contributed by atoms with van der Waals surface area (Å²) in [4.78, 5) is 5.11. The normalized spacial score (nSPS) is 17.4. The van der Waals surface area contributed by atoms with Crippen LogP contribution in [-0.2, 0) is 18.4 Å². The molecule has 2 aliphatic carbocycles. The molecule has 0 unspecified atom stereocenters. The minimum absolute atomic E-state index is 0.260. The molecule has 2 heterocycles. The van der Waals surface area contributed by atoms with Crippen LogP contribution in [0.1, 0.15) is 48.9 Å². The Kier molecular flexibility index (Phi) is 4.27. The van der Waals surface area contributed by atoms with E-state index < -0.39 is 0 Å². The van der Waals surface area contributed by atoms with E-state index in [9.17, 15) is 0 Å². The lowest BCUT2D eigenvalue weighted by Crippen LogP contribution is -2.21. The van der Waals surface area contributed by atoms with E-state index in [0.29, 0.717) is 6.54 Å². The van der Waals surface area contributed by atoms with Crippen LogP contribution in [-0.4, -0.2) is 33.0 Å². The van der Waals surface area contributed by atoms with Crippen molar-refractivity contribution >= 4 is 34.1 Å². The quantitative estimate of drug-likeness (QED) is 0.432. The average Bonchev–Trinajstić information content (AvgIpc) is 3.42. The van der Waals surface area contributed by atoms with Gasteiger partial charge in [-0.2, -0.15) is 0 Å². The van der Waals surface area contributed by atoms with Gasteiger partial charge in [-0.25, -0.2) is 9.56 Å². The van der Waals surface area contributed by atoms with Gasteiger partial charge in [0.2, 0.25) is 0 Å². The standard InChI is InChI=1S/C22H24BrN4O/c1-26(14-15-5-7-16(28-2)8-6-15)21-17-9-12-22(10-3-4-11-22)19(17)25-20-18(23)13-24-27(20)21/h5-8,13H,1,3-4,9-12,14H2,2H3/q+1. The molecule has 1 spiro atoms. The van der Waals surface area contributed by atoms with Gasteiger partial charge in [0, 0.05) is 5.41 Å². The number of fused-ring (bicyclic) bond motifs is 3. The molecule has 0 amide bonds. The van der Waals surface area contributed by atoms with Gasteiger partial charge in [-0.1, -0.05) is 34.6 Å². The van der Waals surface area contributed by atoms with Gasteiger partial charge in [-0.15, -0.1) is 0 Å². The van der Waals surface area contributed by atoms with Gasteiger partial charge in [0.15, 0.2) is 0 Å². The Bertz CT molecular complexity index is 1060. The molecular formula is C22H24BrN4O+. The van der Waals surface area contributed by atoms with Crippen LogP contribution in [0.15, 0.2) is 34.9 Å². The zero-order valence-electron chi connectivity index (χ0n) is 16.1. The molecule has 3 aromatic rings. The summed E-state index contributed by atoms with van der Waals surface area (Å²) in [6.07, 6.45) is 9.21. The van der Waals surface area contributed by atoms with Gasteiger partial charge in [0.05, 0.1) is 31.3 Å². The van der Waals surface area contributed by atoms with Crippen molar-refractivity contribution in [1.29, 1.82) is 0 Å². The first-order valence-corrected chi connectivity index (χ1v) is 10.7. The second-order valence-electron chi connectivity index (χ2n) is 8.02. The second-order valence-corrected chi connectivity index (χ2v) is 8.88. The van der Waals surface area contributed by atoms with Gasteiger partial charge < -0.3 is 4.74 Å². The highest BCUT2D eigenvalue weighted by Crippen LogP contribution is 2.51. The fourth-order valence-corrected chi connectivity index (χ4v) is 5.37. The molecule has 144 valence electrons. The number of aromatic nitrogens is 3. The smallest absolute Gasteiger partial charge is 0.313 e. The number of halogens is 1. The van der Waals surface area contributed by atoms with Gasteiger partial charge in [-0.05, 0) is 59.3 Å². The van der Waals surface area contributed by atoms with E-state index in [1.54, 1.807) is 7.11 Å².